The molecule has 2 atom stereocenters. The zero-order valence-electron chi connectivity index (χ0n) is 19.2. The molecule has 0 aromatic heterocycles. The van der Waals surface area contributed by atoms with E-state index in [1.54, 1.807) is 6.92 Å². The van der Waals surface area contributed by atoms with Gasteiger partial charge in [0.1, 0.15) is 18.4 Å². The largest absolute Gasteiger partial charge is 0.449 e. The van der Waals surface area contributed by atoms with Crippen LogP contribution < -0.4 is 11.1 Å². The SMILES string of the molecule is Cc1cc(C(O)C(O)CCNC(=O)OCC2c3ccccc3-c3ccccc32)cc([N+](=O)[O-])c1N. The minimum absolute atomic E-state index is 0.0114. The molecule has 9 heteroatoms. The van der Waals surface area contributed by atoms with Gasteiger partial charge >= 0.3 is 6.09 Å². The molecule has 182 valence electrons. The number of nitro groups is 1. The number of aliphatic hydroxyl groups is 2. The molecule has 3 aromatic rings. The minimum Gasteiger partial charge on any atom is -0.449 e. The fraction of sp³-hybridized carbons (Fsp3) is 0.269. The fourth-order valence-corrected chi connectivity index (χ4v) is 4.48. The summed E-state index contributed by atoms with van der Waals surface area (Å²) in [5, 5.41) is 34.6. The van der Waals surface area contributed by atoms with Crippen LogP contribution in [0.3, 0.4) is 0 Å². The van der Waals surface area contributed by atoms with Crippen molar-refractivity contribution in [1.29, 1.82) is 0 Å². The van der Waals surface area contributed by atoms with Crippen LogP contribution in [0.1, 0.15) is 40.7 Å². The molecule has 5 N–H and O–H groups in total. The number of rotatable bonds is 8. The van der Waals surface area contributed by atoms with Gasteiger partial charge in [-0.3, -0.25) is 10.1 Å². The Balaban J connectivity index is 1.31. The van der Waals surface area contributed by atoms with Gasteiger partial charge < -0.3 is 26.0 Å². The monoisotopic (exact) mass is 477 g/mol. The second-order valence-electron chi connectivity index (χ2n) is 8.58. The predicted molar refractivity (Wildman–Crippen MR) is 131 cm³/mol. The van der Waals surface area contributed by atoms with E-state index in [1.807, 2.05) is 36.4 Å². The lowest BCUT2D eigenvalue weighted by atomic mass is 9.98. The van der Waals surface area contributed by atoms with Crippen molar-refractivity contribution >= 4 is 17.5 Å². The molecule has 0 fully saturated rings. The van der Waals surface area contributed by atoms with Crippen LogP contribution in [0.15, 0.2) is 60.7 Å². The first-order valence-corrected chi connectivity index (χ1v) is 11.3. The third-order valence-electron chi connectivity index (χ3n) is 6.34. The highest BCUT2D eigenvalue weighted by Crippen LogP contribution is 2.44. The Morgan fingerprint density at radius 2 is 1.71 bits per heavy atom. The third kappa shape index (κ3) is 4.96. The van der Waals surface area contributed by atoms with Crippen molar-refractivity contribution in [3.05, 3.63) is 93.0 Å². The number of amides is 1. The Morgan fingerprint density at radius 1 is 1.11 bits per heavy atom. The molecule has 0 saturated carbocycles. The summed E-state index contributed by atoms with van der Waals surface area (Å²) in [7, 11) is 0. The maximum Gasteiger partial charge on any atom is 0.407 e. The lowest BCUT2D eigenvalue weighted by molar-refractivity contribution is -0.384. The molecular weight excluding hydrogens is 450 g/mol. The van der Waals surface area contributed by atoms with Gasteiger partial charge in [-0.15, -0.1) is 0 Å². The van der Waals surface area contributed by atoms with Gasteiger partial charge in [0.25, 0.3) is 5.69 Å². The Kier molecular flexibility index (Phi) is 6.99. The van der Waals surface area contributed by atoms with E-state index < -0.39 is 23.2 Å². The van der Waals surface area contributed by atoms with Crippen molar-refractivity contribution in [3.63, 3.8) is 0 Å². The number of nitrogens with one attached hydrogen (secondary N) is 1. The van der Waals surface area contributed by atoms with Crippen LogP contribution in [0.25, 0.3) is 11.1 Å². The summed E-state index contributed by atoms with van der Waals surface area (Å²) < 4.78 is 5.45. The van der Waals surface area contributed by atoms with Crippen molar-refractivity contribution in [3.8, 4) is 11.1 Å². The Labute approximate surface area is 202 Å². The van der Waals surface area contributed by atoms with Gasteiger partial charge in [0, 0.05) is 18.5 Å². The smallest absolute Gasteiger partial charge is 0.407 e. The average Bonchev–Trinajstić information content (AvgIpc) is 3.17. The summed E-state index contributed by atoms with van der Waals surface area (Å²) >= 11 is 0. The normalized spacial score (nSPS) is 14.0. The molecule has 1 aliphatic rings. The lowest BCUT2D eigenvalue weighted by Crippen LogP contribution is -2.30. The molecule has 0 saturated heterocycles. The van der Waals surface area contributed by atoms with Crippen molar-refractivity contribution in [2.75, 3.05) is 18.9 Å². The van der Waals surface area contributed by atoms with Gasteiger partial charge in [0.2, 0.25) is 0 Å². The zero-order chi connectivity index (χ0) is 25.1. The number of nitrogens with zero attached hydrogens (tertiary/aromatic N) is 1. The number of aryl methyl sites for hydroxylation is 1. The van der Waals surface area contributed by atoms with E-state index in [4.69, 9.17) is 10.5 Å². The maximum absolute atomic E-state index is 12.3. The summed E-state index contributed by atoms with van der Waals surface area (Å²) in [6.45, 7) is 1.80. The minimum atomic E-state index is -1.38. The van der Waals surface area contributed by atoms with Gasteiger partial charge in [-0.25, -0.2) is 4.79 Å². The summed E-state index contributed by atoms with van der Waals surface area (Å²) in [6.07, 6.45) is -3.25. The van der Waals surface area contributed by atoms with E-state index in [0.717, 1.165) is 28.3 Å². The standard InChI is InChI=1S/C26H27N3O6/c1-15-12-16(13-22(24(15)27)29(33)34)25(31)23(30)10-11-28-26(32)35-14-21-19-8-4-2-6-17(19)18-7-3-5-9-20(18)21/h2-9,12-13,21,23,25,30-31H,10-11,14,27H2,1H3,(H,28,32). The van der Waals surface area contributed by atoms with Gasteiger partial charge in [-0.2, -0.15) is 0 Å². The molecule has 1 aliphatic carbocycles. The van der Waals surface area contributed by atoms with Crippen LogP contribution in [0.2, 0.25) is 0 Å². The third-order valence-corrected chi connectivity index (χ3v) is 6.34. The van der Waals surface area contributed by atoms with Gasteiger partial charge in [0.15, 0.2) is 0 Å². The molecule has 3 aromatic carbocycles. The number of hydrogen-bond acceptors (Lipinski definition) is 7. The average molecular weight is 478 g/mol. The highest BCUT2D eigenvalue weighted by atomic mass is 16.6. The molecule has 0 aliphatic heterocycles. The van der Waals surface area contributed by atoms with E-state index >= 15 is 0 Å². The van der Waals surface area contributed by atoms with Gasteiger partial charge in [0.05, 0.1) is 11.0 Å². The topological polar surface area (TPSA) is 148 Å². The van der Waals surface area contributed by atoms with Crippen LogP contribution in [0, 0.1) is 17.0 Å². The van der Waals surface area contributed by atoms with E-state index in [0.29, 0.717) is 5.56 Å². The van der Waals surface area contributed by atoms with Crippen LogP contribution in [0.5, 0.6) is 0 Å². The molecule has 2 unspecified atom stereocenters. The molecule has 0 radical (unpaired) electrons. The number of alkyl carbamates (subject to hydrolysis) is 1. The molecule has 0 bridgehead atoms. The molecular formula is C26H27N3O6. The summed E-state index contributed by atoms with van der Waals surface area (Å²) in [5.74, 6) is -0.0647. The molecule has 0 heterocycles. The van der Waals surface area contributed by atoms with Crippen LogP contribution >= 0.6 is 0 Å². The number of nitrogens with two attached hydrogens (primary N) is 1. The van der Waals surface area contributed by atoms with Gasteiger partial charge in [-0.1, -0.05) is 54.6 Å². The number of anilines is 1. The molecule has 1 amide bonds. The van der Waals surface area contributed by atoms with Crippen LogP contribution in [0.4, 0.5) is 16.2 Å². The highest BCUT2D eigenvalue weighted by Gasteiger charge is 2.29. The first-order valence-electron chi connectivity index (χ1n) is 11.3. The number of carbonyl (C=O) groups excluding carboxylic acids is 1. The van der Waals surface area contributed by atoms with Crippen LogP contribution in [-0.2, 0) is 4.74 Å². The second-order valence-corrected chi connectivity index (χ2v) is 8.58. The van der Waals surface area contributed by atoms with E-state index in [-0.39, 0.29) is 42.4 Å². The maximum atomic E-state index is 12.3. The summed E-state index contributed by atoms with van der Waals surface area (Å²) in [5.41, 5.74) is 10.5. The Morgan fingerprint density at radius 3 is 2.31 bits per heavy atom. The molecule has 4 rings (SSSR count). The number of aliphatic hydroxyl groups excluding tert-OH is 2. The Hall–Kier alpha value is -3.95. The van der Waals surface area contributed by atoms with E-state index in [1.165, 1.54) is 6.07 Å². The number of fused-ring (bicyclic) bond motifs is 3. The molecule has 35 heavy (non-hydrogen) atoms. The number of hydrogen-bond donors (Lipinski definition) is 4. The predicted octanol–water partition coefficient (Wildman–Crippen LogP) is 3.81. The summed E-state index contributed by atoms with van der Waals surface area (Å²) in [6, 6.07) is 18.7. The second kappa shape index (κ2) is 10.1. The first kappa shape index (κ1) is 24.2. The first-order chi connectivity index (χ1) is 16.8. The summed E-state index contributed by atoms with van der Waals surface area (Å²) in [4.78, 5) is 22.8. The number of ether oxygens (including phenoxy) is 1. The van der Waals surface area contributed by atoms with Gasteiger partial charge in [-0.05, 0) is 46.7 Å². The van der Waals surface area contributed by atoms with Crippen molar-refractivity contribution in [2.45, 2.75) is 31.5 Å². The molecule has 9 nitrogen and oxygen atoms in total. The van der Waals surface area contributed by atoms with Crippen molar-refractivity contribution in [1.82, 2.24) is 5.32 Å². The molecule has 0 spiro atoms. The number of benzene rings is 3. The van der Waals surface area contributed by atoms with Crippen molar-refractivity contribution < 1.29 is 24.7 Å². The number of carbonyl (C=O) groups is 1. The lowest BCUT2D eigenvalue weighted by Gasteiger charge is -2.19. The van der Waals surface area contributed by atoms with E-state index in [2.05, 4.69) is 17.4 Å². The van der Waals surface area contributed by atoms with Crippen molar-refractivity contribution in [2.24, 2.45) is 0 Å². The van der Waals surface area contributed by atoms with E-state index in [9.17, 15) is 25.1 Å². The fourth-order valence-electron chi connectivity index (χ4n) is 4.48. The zero-order valence-corrected chi connectivity index (χ0v) is 19.2. The highest BCUT2D eigenvalue weighted by molar-refractivity contribution is 5.79. The van der Waals surface area contributed by atoms with Crippen LogP contribution in [-0.4, -0.2) is 40.5 Å². The number of nitro benzene ring substituents is 1. The quantitative estimate of drug-likeness (QED) is 0.219. The number of nitrogen functional groups attached to an aromatic ring is 1. The Bertz CT molecular complexity index is 1220.